The van der Waals surface area contributed by atoms with Crippen molar-refractivity contribution in [2.24, 2.45) is 0 Å². The molecule has 138 valence electrons. The van der Waals surface area contributed by atoms with Crippen LogP contribution in [0.3, 0.4) is 0 Å². The maximum absolute atomic E-state index is 10.7. The Morgan fingerprint density at radius 1 is 0.963 bits per heavy atom. The predicted octanol–water partition coefficient (Wildman–Crippen LogP) is 4.25. The van der Waals surface area contributed by atoms with Crippen LogP contribution in [0.25, 0.3) is 11.1 Å². The summed E-state index contributed by atoms with van der Waals surface area (Å²) in [5.41, 5.74) is 2.61. The number of hydrogen-bond donors (Lipinski definition) is 0. The van der Waals surface area contributed by atoms with Gasteiger partial charge in [-0.25, -0.2) is 0 Å². The summed E-state index contributed by atoms with van der Waals surface area (Å²) in [5.74, 6) is 1.98. The van der Waals surface area contributed by atoms with Gasteiger partial charge < -0.3 is 14.2 Å². The second kappa shape index (κ2) is 8.18. The average Bonchev–Trinajstić information content (AvgIpc) is 2.72. The van der Waals surface area contributed by atoms with Crippen molar-refractivity contribution in [3.8, 4) is 28.4 Å². The second-order valence-corrected chi connectivity index (χ2v) is 5.69. The maximum Gasteiger partial charge on any atom is 0.269 e. The highest BCUT2D eigenvalue weighted by Crippen LogP contribution is 2.33. The molecule has 2 aromatic carbocycles. The zero-order valence-corrected chi connectivity index (χ0v) is 14.9. The van der Waals surface area contributed by atoms with E-state index in [1.54, 1.807) is 38.7 Å². The first-order valence-corrected chi connectivity index (χ1v) is 8.14. The molecule has 0 atom stereocenters. The monoisotopic (exact) mass is 366 g/mol. The normalized spacial score (nSPS) is 10.3. The maximum atomic E-state index is 10.7. The summed E-state index contributed by atoms with van der Waals surface area (Å²) in [6, 6.07) is 13.5. The van der Waals surface area contributed by atoms with Gasteiger partial charge in [0.25, 0.3) is 5.69 Å². The van der Waals surface area contributed by atoms with Gasteiger partial charge >= 0.3 is 0 Å². The molecule has 0 unspecified atom stereocenters. The number of non-ortho nitro benzene ring substituents is 1. The summed E-state index contributed by atoms with van der Waals surface area (Å²) >= 11 is 0. The lowest BCUT2D eigenvalue weighted by molar-refractivity contribution is -0.384. The van der Waals surface area contributed by atoms with E-state index in [4.69, 9.17) is 14.2 Å². The standard InChI is InChI=1S/C20H18N2O5/c1-25-18-7-8-20(26-2)19(10-18)15-9-14(11-21-12-15)13-27-17-5-3-16(4-6-17)22(23)24/h3-12H,13H2,1-2H3. The molecule has 7 nitrogen and oxygen atoms in total. The number of nitrogens with zero attached hydrogens (tertiary/aromatic N) is 2. The molecule has 0 aliphatic carbocycles. The van der Waals surface area contributed by atoms with Crippen molar-refractivity contribution in [1.82, 2.24) is 4.98 Å². The number of pyridine rings is 1. The molecular formula is C20H18N2O5. The van der Waals surface area contributed by atoms with Crippen molar-refractivity contribution in [1.29, 1.82) is 0 Å². The van der Waals surface area contributed by atoms with Crippen LogP contribution in [0.4, 0.5) is 5.69 Å². The molecule has 7 heteroatoms. The molecule has 0 fully saturated rings. The fraction of sp³-hybridized carbons (Fsp3) is 0.150. The lowest BCUT2D eigenvalue weighted by atomic mass is 10.0. The van der Waals surface area contributed by atoms with Gasteiger partial charge in [0.05, 0.1) is 19.1 Å². The van der Waals surface area contributed by atoms with Crippen LogP contribution in [0.15, 0.2) is 60.9 Å². The predicted molar refractivity (Wildman–Crippen MR) is 100 cm³/mol. The number of aromatic nitrogens is 1. The van der Waals surface area contributed by atoms with Gasteiger partial charge in [0.2, 0.25) is 0 Å². The Morgan fingerprint density at radius 2 is 1.70 bits per heavy atom. The van der Waals surface area contributed by atoms with Gasteiger partial charge in [-0.2, -0.15) is 0 Å². The molecule has 0 N–H and O–H groups in total. The molecule has 0 radical (unpaired) electrons. The van der Waals surface area contributed by atoms with Crippen molar-refractivity contribution in [3.05, 3.63) is 76.6 Å². The fourth-order valence-corrected chi connectivity index (χ4v) is 2.58. The third-order valence-corrected chi connectivity index (χ3v) is 3.97. The van der Waals surface area contributed by atoms with Crippen LogP contribution in [0.5, 0.6) is 17.2 Å². The van der Waals surface area contributed by atoms with E-state index < -0.39 is 4.92 Å². The van der Waals surface area contributed by atoms with Crippen molar-refractivity contribution in [2.45, 2.75) is 6.61 Å². The van der Waals surface area contributed by atoms with Crippen LogP contribution < -0.4 is 14.2 Å². The quantitative estimate of drug-likeness (QED) is 0.459. The Kier molecular flexibility index (Phi) is 5.51. The lowest BCUT2D eigenvalue weighted by Gasteiger charge is -2.12. The van der Waals surface area contributed by atoms with E-state index in [1.807, 2.05) is 24.3 Å². The summed E-state index contributed by atoms with van der Waals surface area (Å²) in [6.45, 7) is 0.283. The summed E-state index contributed by atoms with van der Waals surface area (Å²) in [4.78, 5) is 14.5. The van der Waals surface area contributed by atoms with Gasteiger partial charge in [-0.15, -0.1) is 0 Å². The molecule has 0 aliphatic rings. The van der Waals surface area contributed by atoms with Crippen molar-refractivity contribution < 1.29 is 19.1 Å². The van der Waals surface area contributed by atoms with Crippen molar-refractivity contribution in [3.63, 3.8) is 0 Å². The van der Waals surface area contributed by atoms with E-state index in [-0.39, 0.29) is 12.3 Å². The first kappa shape index (κ1) is 18.2. The largest absolute Gasteiger partial charge is 0.497 e. The molecule has 0 saturated carbocycles. The third-order valence-electron chi connectivity index (χ3n) is 3.97. The van der Waals surface area contributed by atoms with E-state index in [0.29, 0.717) is 11.5 Å². The van der Waals surface area contributed by atoms with Crippen molar-refractivity contribution in [2.75, 3.05) is 14.2 Å². The number of rotatable bonds is 7. The highest BCUT2D eigenvalue weighted by molar-refractivity contribution is 5.71. The van der Waals surface area contributed by atoms with Crippen LogP contribution in [0, 0.1) is 10.1 Å². The second-order valence-electron chi connectivity index (χ2n) is 5.69. The van der Waals surface area contributed by atoms with Crippen LogP contribution in [-0.4, -0.2) is 24.1 Å². The average molecular weight is 366 g/mol. The zero-order valence-electron chi connectivity index (χ0n) is 14.9. The molecule has 0 bridgehead atoms. The molecule has 3 aromatic rings. The van der Waals surface area contributed by atoms with E-state index in [2.05, 4.69) is 4.98 Å². The summed E-state index contributed by atoms with van der Waals surface area (Å²) < 4.78 is 16.4. The highest BCUT2D eigenvalue weighted by Gasteiger charge is 2.10. The van der Waals surface area contributed by atoms with Crippen molar-refractivity contribution >= 4 is 5.69 Å². The van der Waals surface area contributed by atoms with Crippen LogP contribution in [0.1, 0.15) is 5.56 Å². The van der Waals surface area contributed by atoms with Gasteiger partial charge in [0.1, 0.15) is 23.9 Å². The minimum Gasteiger partial charge on any atom is -0.497 e. The molecule has 0 saturated heterocycles. The van der Waals surface area contributed by atoms with Gasteiger partial charge in [0, 0.05) is 41.2 Å². The SMILES string of the molecule is COc1ccc(OC)c(-c2cncc(COc3ccc([N+](=O)[O-])cc3)c2)c1. The van der Waals surface area contributed by atoms with Gasteiger partial charge in [-0.1, -0.05) is 0 Å². The molecule has 0 spiro atoms. The van der Waals surface area contributed by atoms with Gasteiger partial charge in [-0.3, -0.25) is 15.1 Å². The number of nitro benzene ring substituents is 1. The molecule has 27 heavy (non-hydrogen) atoms. The van der Waals surface area contributed by atoms with E-state index in [1.165, 1.54) is 12.1 Å². The lowest BCUT2D eigenvalue weighted by Crippen LogP contribution is -1.98. The molecule has 3 rings (SSSR count). The van der Waals surface area contributed by atoms with E-state index in [0.717, 1.165) is 22.4 Å². The fourth-order valence-electron chi connectivity index (χ4n) is 2.58. The van der Waals surface area contributed by atoms with E-state index >= 15 is 0 Å². The van der Waals surface area contributed by atoms with Crippen LogP contribution >= 0.6 is 0 Å². The Balaban J connectivity index is 1.79. The topological polar surface area (TPSA) is 83.7 Å². The smallest absolute Gasteiger partial charge is 0.269 e. The third kappa shape index (κ3) is 4.33. The highest BCUT2D eigenvalue weighted by atomic mass is 16.6. The number of benzene rings is 2. The van der Waals surface area contributed by atoms with E-state index in [9.17, 15) is 10.1 Å². The Hall–Kier alpha value is -3.61. The van der Waals surface area contributed by atoms with Gasteiger partial charge in [0.15, 0.2) is 0 Å². The number of methoxy groups -OCH3 is 2. The summed E-state index contributed by atoms with van der Waals surface area (Å²) in [6.07, 6.45) is 3.45. The Labute approximate surface area is 156 Å². The summed E-state index contributed by atoms with van der Waals surface area (Å²) in [5, 5.41) is 10.7. The molecular weight excluding hydrogens is 348 g/mol. The van der Waals surface area contributed by atoms with Crippen LogP contribution in [-0.2, 0) is 6.61 Å². The first-order valence-electron chi connectivity index (χ1n) is 8.14. The first-order chi connectivity index (χ1) is 13.1. The molecule has 0 aliphatic heterocycles. The molecule has 1 heterocycles. The summed E-state index contributed by atoms with van der Waals surface area (Å²) in [7, 11) is 3.22. The zero-order chi connectivity index (χ0) is 19.2. The number of nitro groups is 1. The Morgan fingerprint density at radius 3 is 2.37 bits per heavy atom. The minimum absolute atomic E-state index is 0.0242. The number of ether oxygens (including phenoxy) is 3. The molecule has 0 amide bonds. The minimum atomic E-state index is -0.446. The Bertz CT molecular complexity index is 941. The van der Waals surface area contributed by atoms with Crippen LogP contribution in [0.2, 0.25) is 0 Å². The number of hydrogen-bond acceptors (Lipinski definition) is 6. The van der Waals surface area contributed by atoms with Gasteiger partial charge in [-0.05, 0) is 36.4 Å². The molecule has 1 aromatic heterocycles.